The molecule has 0 fully saturated rings. The van der Waals surface area contributed by atoms with E-state index in [-0.39, 0.29) is 67.7 Å². The molecule has 23 heavy (non-hydrogen) atoms. The van der Waals surface area contributed by atoms with Crippen LogP contribution in [0.25, 0.3) is 0 Å². The molecule has 127 valence electrons. The minimum atomic E-state index is -0.400. The Bertz CT molecular complexity index is 505. The van der Waals surface area contributed by atoms with Crippen LogP contribution in [0.4, 0.5) is 0 Å². The Balaban J connectivity index is 0.00000484. The quantitative estimate of drug-likeness (QED) is 0.549. The summed E-state index contributed by atoms with van der Waals surface area (Å²) in [6.45, 7) is 14.0. The molecule has 2 atom stereocenters. The molecule has 0 bridgehead atoms. The SMILES string of the molecule is [Ac].[CH2-]CC(COc1cccc(O)c1C)C([CH2-])C(=O)N(C)C(C)C. The van der Waals surface area contributed by atoms with Gasteiger partial charge in [0.1, 0.15) is 11.5 Å². The summed E-state index contributed by atoms with van der Waals surface area (Å²) in [4.78, 5) is 14.1. The van der Waals surface area contributed by atoms with Gasteiger partial charge in [0.25, 0.3) is 0 Å². The number of amides is 1. The first-order valence-corrected chi connectivity index (χ1v) is 7.60. The van der Waals surface area contributed by atoms with Crippen LogP contribution in [0.3, 0.4) is 0 Å². The van der Waals surface area contributed by atoms with E-state index in [0.29, 0.717) is 24.3 Å². The van der Waals surface area contributed by atoms with Gasteiger partial charge in [0.2, 0.25) is 0 Å². The zero-order valence-electron chi connectivity index (χ0n) is 14.6. The van der Waals surface area contributed by atoms with Crippen molar-refractivity contribution in [3.05, 3.63) is 37.6 Å². The molecule has 0 saturated carbocycles. The zero-order chi connectivity index (χ0) is 16.9. The first-order valence-electron chi connectivity index (χ1n) is 7.60. The van der Waals surface area contributed by atoms with E-state index in [1.165, 1.54) is 0 Å². The van der Waals surface area contributed by atoms with Crippen LogP contribution in [-0.4, -0.2) is 35.6 Å². The maximum absolute atomic E-state index is 12.4. The summed E-state index contributed by atoms with van der Waals surface area (Å²) >= 11 is 0. The number of ether oxygens (including phenoxy) is 1. The number of aromatic hydroxyl groups is 1. The smallest absolute Gasteiger partial charge is 0.195 e. The molecule has 0 saturated heterocycles. The molecule has 4 nitrogen and oxygen atoms in total. The molecule has 0 aliphatic heterocycles. The molecular formula is C18H27AcNO3-2. The van der Waals surface area contributed by atoms with Gasteiger partial charge >= 0.3 is 0 Å². The van der Waals surface area contributed by atoms with Gasteiger partial charge in [-0.15, -0.1) is 0 Å². The summed E-state index contributed by atoms with van der Waals surface area (Å²) in [7, 11) is 1.78. The van der Waals surface area contributed by atoms with Crippen molar-refractivity contribution in [1.29, 1.82) is 0 Å². The van der Waals surface area contributed by atoms with Crippen molar-refractivity contribution >= 4 is 5.91 Å². The third-order valence-electron chi connectivity index (χ3n) is 4.09. The number of carbonyl (C=O) groups excluding carboxylic acids is 1. The fourth-order valence-electron chi connectivity index (χ4n) is 2.07. The van der Waals surface area contributed by atoms with Crippen molar-refractivity contribution in [1.82, 2.24) is 4.90 Å². The van der Waals surface area contributed by atoms with Crippen molar-refractivity contribution in [3.63, 3.8) is 0 Å². The second-order valence-corrected chi connectivity index (χ2v) is 5.91. The fourth-order valence-corrected chi connectivity index (χ4v) is 2.07. The van der Waals surface area contributed by atoms with Gasteiger partial charge in [0.05, 0.1) is 6.61 Å². The van der Waals surface area contributed by atoms with Crippen LogP contribution in [0.2, 0.25) is 0 Å². The van der Waals surface area contributed by atoms with Gasteiger partial charge in [0, 0.05) is 62.7 Å². The third kappa shape index (κ3) is 6.27. The van der Waals surface area contributed by atoms with Crippen LogP contribution in [0.15, 0.2) is 18.2 Å². The molecule has 0 heterocycles. The molecule has 0 spiro atoms. The molecule has 0 aliphatic carbocycles. The van der Waals surface area contributed by atoms with Gasteiger partial charge in [-0.2, -0.15) is 6.42 Å². The van der Waals surface area contributed by atoms with E-state index in [1.54, 1.807) is 37.1 Å². The predicted molar refractivity (Wildman–Crippen MR) is 88.6 cm³/mol. The predicted octanol–water partition coefficient (Wildman–Crippen LogP) is 3.24. The van der Waals surface area contributed by atoms with E-state index in [1.807, 2.05) is 13.8 Å². The minimum absolute atomic E-state index is 0. The van der Waals surface area contributed by atoms with Crippen LogP contribution in [-0.2, 0) is 4.79 Å². The standard InChI is InChI=1S/C18H27NO3.Ac/c1-7-15(13(4)18(21)19(6)12(2)3)11-22-17-10-8-9-16(20)14(17)5;/h8-10,12-13,15,20H,1,4,7,11H2,2-3,5-6H3;/q-2;. The van der Waals surface area contributed by atoms with Gasteiger partial charge in [0.15, 0.2) is 5.91 Å². The summed E-state index contributed by atoms with van der Waals surface area (Å²) < 4.78 is 5.77. The molecule has 5 heteroatoms. The van der Waals surface area contributed by atoms with Crippen LogP contribution < -0.4 is 4.74 Å². The van der Waals surface area contributed by atoms with Crippen LogP contribution in [0, 0.1) is 76.7 Å². The average Bonchev–Trinajstić information content (AvgIpc) is 2.49. The first kappa shape index (κ1) is 22.7. The molecular weight excluding hydrogens is 505 g/mol. The molecule has 1 radical (unpaired) electrons. The van der Waals surface area contributed by atoms with Gasteiger partial charge in [-0.3, -0.25) is 4.79 Å². The number of rotatable bonds is 7. The zero-order valence-corrected chi connectivity index (χ0v) is 19.3. The van der Waals surface area contributed by atoms with E-state index in [2.05, 4.69) is 13.8 Å². The Labute approximate surface area is 176 Å². The van der Waals surface area contributed by atoms with Crippen LogP contribution in [0.1, 0.15) is 25.8 Å². The Kier molecular flexibility index (Phi) is 10.4. The van der Waals surface area contributed by atoms with Gasteiger partial charge in [-0.1, -0.05) is 17.9 Å². The number of hydrogen-bond acceptors (Lipinski definition) is 3. The molecule has 2 unspecified atom stereocenters. The first-order chi connectivity index (χ1) is 10.3. The molecule has 1 aromatic carbocycles. The second-order valence-electron chi connectivity index (χ2n) is 5.91. The monoisotopic (exact) mass is 532 g/mol. The minimum Gasteiger partial charge on any atom is -0.508 e. The summed E-state index contributed by atoms with van der Waals surface area (Å²) in [5.74, 6) is 0.346. The molecule has 1 aromatic rings. The summed E-state index contributed by atoms with van der Waals surface area (Å²) in [5.41, 5.74) is 0.691. The van der Waals surface area contributed by atoms with E-state index in [9.17, 15) is 9.90 Å². The maximum atomic E-state index is 12.4. The summed E-state index contributed by atoms with van der Waals surface area (Å²) in [6.07, 6.45) is 0.559. The fraction of sp³-hybridized carbons (Fsp3) is 0.500. The van der Waals surface area contributed by atoms with E-state index in [0.717, 1.165) is 0 Å². The molecule has 0 aromatic heterocycles. The van der Waals surface area contributed by atoms with Crippen LogP contribution in [0.5, 0.6) is 11.5 Å². The van der Waals surface area contributed by atoms with E-state index < -0.39 is 5.92 Å². The van der Waals surface area contributed by atoms with E-state index >= 15 is 0 Å². The van der Waals surface area contributed by atoms with Crippen molar-refractivity contribution in [2.24, 2.45) is 11.8 Å². The van der Waals surface area contributed by atoms with Crippen molar-refractivity contribution in [3.8, 4) is 11.5 Å². The Morgan fingerprint density at radius 3 is 2.52 bits per heavy atom. The molecule has 1 amide bonds. The number of nitrogens with zero attached hydrogens (tertiary/aromatic N) is 1. The van der Waals surface area contributed by atoms with Gasteiger partial charge < -0.3 is 28.6 Å². The Morgan fingerprint density at radius 2 is 2.00 bits per heavy atom. The van der Waals surface area contributed by atoms with Gasteiger partial charge in [-0.05, 0) is 32.9 Å². The number of phenols is 1. The van der Waals surface area contributed by atoms with Crippen LogP contribution >= 0.6 is 0 Å². The summed E-state index contributed by atoms with van der Waals surface area (Å²) in [6, 6.07) is 5.29. The number of carbonyl (C=O) groups is 1. The molecule has 0 aliphatic rings. The number of benzene rings is 1. The number of hydrogen-bond donors (Lipinski definition) is 1. The Hall–Kier alpha value is -0.268. The topological polar surface area (TPSA) is 49.8 Å². The van der Waals surface area contributed by atoms with Gasteiger partial charge in [-0.25, -0.2) is 0 Å². The van der Waals surface area contributed by atoms with E-state index in [4.69, 9.17) is 4.74 Å². The largest absolute Gasteiger partial charge is 0.508 e. The number of phenolic OH excluding ortho intramolecular Hbond substituents is 1. The third-order valence-corrected chi connectivity index (χ3v) is 4.09. The van der Waals surface area contributed by atoms with Crippen molar-refractivity contribution in [2.75, 3.05) is 13.7 Å². The Morgan fingerprint density at radius 1 is 1.39 bits per heavy atom. The molecule has 1 N–H and O–H groups in total. The molecule has 1 rings (SSSR count). The summed E-state index contributed by atoms with van der Waals surface area (Å²) in [5, 5.41) is 9.69. The normalized spacial score (nSPS) is 13.2. The van der Waals surface area contributed by atoms with Crippen molar-refractivity contribution in [2.45, 2.75) is 33.2 Å². The maximum Gasteiger partial charge on any atom is 0.195 e. The van der Waals surface area contributed by atoms with Crippen molar-refractivity contribution < 1.29 is 58.7 Å². The second kappa shape index (κ2) is 10.6. The average molecular weight is 532 g/mol.